The van der Waals surface area contributed by atoms with Crippen LogP contribution in [0.4, 0.5) is 17.1 Å². The molecule has 0 heterocycles. The average Bonchev–Trinajstić information content (AvgIpc) is 2.73. The minimum atomic E-state index is -2.18. The average molecular weight is 445 g/mol. The zero-order valence-corrected chi connectivity index (χ0v) is 16.1. The molecule has 0 saturated heterocycles. The molecule has 0 radical (unpaired) electrons. The molecule has 3 aromatic carbocycles. The summed E-state index contributed by atoms with van der Waals surface area (Å²) in [5.74, 6) is -2.54. The maximum atomic E-state index is 12.5. The molecule has 0 bridgehead atoms. The standard InChI is InChI=1S/C18H11N3O9S/c22-17(10-31(29)16-8-4-3-7-13(16)19(23)24)30-18-12-6-2-1-5-11(12)14(20(25)26)9-15(18)21(27)28/h1-9H,10H2. The summed E-state index contributed by atoms with van der Waals surface area (Å²) in [6, 6.07) is 11.3. The summed E-state index contributed by atoms with van der Waals surface area (Å²) >= 11 is 0. The highest BCUT2D eigenvalue weighted by Crippen LogP contribution is 2.41. The van der Waals surface area contributed by atoms with E-state index in [4.69, 9.17) is 4.74 Å². The number of non-ortho nitro benzene ring substituents is 1. The molecule has 1 atom stereocenters. The second-order valence-electron chi connectivity index (χ2n) is 5.99. The predicted octanol–water partition coefficient (Wildman–Crippen LogP) is 3.28. The van der Waals surface area contributed by atoms with Crippen molar-refractivity contribution in [3.63, 3.8) is 0 Å². The summed E-state index contributed by atoms with van der Waals surface area (Å²) in [5.41, 5.74) is -1.83. The third kappa shape index (κ3) is 4.35. The maximum Gasteiger partial charge on any atom is 0.324 e. The van der Waals surface area contributed by atoms with Crippen molar-refractivity contribution in [2.24, 2.45) is 0 Å². The van der Waals surface area contributed by atoms with E-state index in [2.05, 4.69) is 0 Å². The zero-order chi connectivity index (χ0) is 22.7. The number of nitro benzene ring substituents is 3. The molecule has 1 unspecified atom stereocenters. The van der Waals surface area contributed by atoms with Gasteiger partial charge in [-0.05, 0) is 12.1 Å². The molecule has 0 aliphatic carbocycles. The number of fused-ring (bicyclic) bond motifs is 1. The van der Waals surface area contributed by atoms with Gasteiger partial charge in [0.05, 0.1) is 37.0 Å². The molecule has 0 aromatic heterocycles. The monoisotopic (exact) mass is 445 g/mol. The van der Waals surface area contributed by atoms with Gasteiger partial charge in [0.25, 0.3) is 11.4 Å². The first-order valence-corrected chi connectivity index (χ1v) is 9.69. The van der Waals surface area contributed by atoms with Crippen molar-refractivity contribution in [2.75, 3.05) is 5.75 Å². The van der Waals surface area contributed by atoms with E-state index < -0.39 is 60.1 Å². The number of esters is 1. The van der Waals surface area contributed by atoms with Gasteiger partial charge >= 0.3 is 11.7 Å². The van der Waals surface area contributed by atoms with Gasteiger partial charge in [0.2, 0.25) is 5.75 Å². The van der Waals surface area contributed by atoms with Crippen LogP contribution in [0.15, 0.2) is 59.5 Å². The first-order chi connectivity index (χ1) is 14.7. The Morgan fingerprint density at radius 3 is 1.97 bits per heavy atom. The fraction of sp³-hybridized carbons (Fsp3) is 0.0556. The van der Waals surface area contributed by atoms with Crippen molar-refractivity contribution in [1.29, 1.82) is 0 Å². The van der Waals surface area contributed by atoms with Gasteiger partial charge in [0.1, 0.15) is 10.6 Å². The fourth-order valence-corrected chi connectivity index (χ4v) is 3.87. The Labute approximate surface area is 175 Å². The van der Waals surface area contributed by atoms with Crippen LogP contribution in [0.5, 0.6) is 5.75 Å². The normalized spacial score (nSPS) is 11.6. The molecule has 0 fully saturated rings. The van der Waals surface area contributed by atoms with Crippen LogP contribution < -0.4 is 4.74 Å². The van der Waals surface area contributed by atoms with Crippen LogP contribution in [0, 0.1) is 30.3 Å². The van der Waals surface area contributed by atoms with E-state index in [0.29, 0.717) is 6.07 Å². The number of para-hydroxylation sites is 1. The summed E-state index contributed by atoms with van der Waals surface area (Å²) in [7, 11) is -2.18. The molecule has 158 valence electrons. The molecule has 31 heavy (non-hydrogen) atoms. The van der Waals surface area contributed by atoms with Gasteiger partial charge in [-0.25, -0.2) is 0 Å². The topological polar surface area (TPSA) is 173 Å². The van der Waals surface area contributed by atoms with E-state index in [1.165, 1.54) is 42.5 Å². The van der Waals surface area contributed by atoms with Crippen molar-refractivity contribution in [1.82, 2.24) is 0 Å². The van der Waals surface area contributed by atoms with Gasteiger partial charge < -0.3 is 4.74 Å². The van der Waals surface area contributed by atoms with E-state index in [-0.39, 0.29) is 15.7 Å². The van der Waals surface area contributed by atoms with Crippen molar-refractivity contribution in [3.05, 3.63) is 84.9 Å². The molecule has 0 spiro atoms. The minimum absolute atomic E-state index is 0.000666. The van der Waals surface area contributed by atoms with Crippen molar-refractivity contribution >= 4 is 44.6 Å². The Balaban J connectivity index is 1.99. The number of ether oxygens (including phenoxy) is 1. The lowest BCUT2D eigenvalue weighted by Gasteiger charge is -2.09. The minimum Gasteiger partial charge on any atom is -0.418 e. The van der Waals surface area contributed by atoms with Crippen molar-refractivity contribution in [2.45, 2.75) is 4.90 Å². The van der Waals surface area contributed by atoms with Crippen LogP contribution in [-0.4, -0.2) is 30.7 Å². The highest BCUT2D eigenvalue weighted by Gasteiger charge is 2.29. The molecule has 0 N–H and O–H groups in total. The number of hydrogen-bond acceptors (Lipinski definition) is 9. The summed E-state index contributed by atoms with van der Waals surface area (Å²) in [6.45, 7) is 0. The SMILES string of the molecule is O=C(CS(=O)c1ccccc1[N+](=O)[O-])Oc1c([N+](=O)[O-])cc([N+](=O)[O-])c2ccccc12. The van der Waals surface area contributed by atoms with Crippen LogP contribution in [0.2, 0.25) is 0 Å². The van der Waals surface area contributed by atoms with E-state index >= 15 is 0 Å². The van der Waals surface area contributed by atoms with Crippen LogP contribution in [0.3, 0.4) is 0 Å². The van der Waals surface area contributed by atoms with Crippen molar-refractivity contribution in [3.8, 4) is 5.75 Å². The second kappa shape index (κ2) is 8.62. The maximum absolute atomic E-state index is 12.5. The first kappa shape index (κ1) is 21.4. The molecule has 3 aromatic rings. The number of carbonyl (C=O) groups excluding carboxylic acids is 1. The Bertz CT molecular complexity index is 1280. The molecular weight excluding hydrogens is 434 g/mol. The number of nitro groups is 3. The van der Waals surface area contributed by atoms with Crippen molar-refractivity contribution < 1.29 is 28.5 Å². The molecule has 0 amide bonds. The lowest BCUT2D eigenvalue weighted by Crippen LogP contribution is -2.18. The largest absolute Gasteiger partial charge is 0.418 e. The van der Waals surface area contributed by atoms with E-state index in [1.54, 1.807) is 0 Å². The molecule has 0 aliphatic heterocycles. The van der Waals surface area contributed by atoms with Gasteiger partial charge in [0.15, 0.2) is 0 Å². The number of nitrogens with zero attached hydrogens (tertiary/aromatic N) is 3. The van der Waals surface area contributed by atoms with Gasteiger partial charge in [-0.2, -0.15) is 0 Å². The molecule has 13 heteroatoms. The number of rotatable bonds is 7. The van der Waals surface area contributed by atoms with E-state index in [0.717, 1.165) is 6.07 Å². The van der Waals surface area contributed by atoms with Crippen LogP contribution in [0.1, 0.15) is 0 Å². The zero-order valence-electron chi connectivity index (χ0n) is 15.3. The summed E-state index contributed by atoms with van der Waals surface area (Å²) in [6.07, 6.45) is 0. The molecule has 3 rings (SSSR count). The summed E-state index contributed by atoms with van der Waals surface area (Å²) in [4.78, 5) is 43.5. The smallest absolute Gasteiger partial charge is 0.324 e. The van der Waals surface area contributed by atoms with Crippen LogP contribution in [0.25, 0.3) is 10.8 Å². The Kier molecular flexibility index (Phi) is 5.97. The van der Waals surface area contributed by atoms with Gasteiger partial charge in [-0.15, -0.1) is 0 Å². The third-order valence-corrected chi connectivity index (χ3v) is 5.45. The number of carbonyl (C=O) groups is 1. The second-order valence-corrected chi connectivity index (χ2v) is 7.41. The van der Waals surface area contributed by atoms with E-state index in [9.17, 15) is 39.3 Å². The summed E-state index contributed by atoms with van der Waals surface area (Å²) in [5, 5.41) is 33.8. The van der Waals surface area contributed by atoms with Crippen LogP contribution in [-0.2, 0) is 15.6 Å². The lowest BCUT2D eigenvalue weighted by molar-refractivity contribution is -0.393. The highest BCUT2D eigenvalue weighted by atomic mass is 32.2. The fourth-order valence-electron chi connectivity index (χ4n) is 2.84. The molecule has 12 nitrogen and oxygen atoms in total. The van der Waals surface area contributed by atoms with E-state index in [1.807, 2.05) is 0 Å². The Morgan fingerprint density at radius 1 is 0.806 bits per heavy atom. The van der Waals surface area contributed by atoms with Crippen LogP contribution >= 0.6 is 0 Å². The molecule has 0 saturated carbocycles. The highest BCUT2D eigenvalue weighted by molar-refractivity contribution is 7.85. The molecule has 0 aliphatic rings. The van der Waals surface area contributed by atoms with Gasteiger partial charge in [-0.1, -0.05) is 30.3 Å². The lowest BCUT2D eigenvalue weighted by atomic mass is 10.1. The quantitative estimate of drug-likeness (QED) is 0.229. The number of hydrogen-bond donors (Lipinski definition) is 0. The third-order valence-electron chi connectivity index (χ3n) is 4.12. The first-order valence-electron chi connectivity index (χ1n) is 8.37. The predicted molar refractivity (Wildman–Crippen MR) is 107 cm³/mol. The number of benzene rings is 3. The summed E-state index contributed by atoms with van der Waals surface area (Å²) < 4.78 is 17.6. The van der Waals surface area contributed by atoms with Gasteiger partial charge in [0, 0.05) is 11.5 Å². The molecular formula is C18H11N3O9S. The Hall–Kier alpha value is -4.26. The van der Waals surface area contributed by atoms with Gasteiger partial charge in [-0.3, -0.25) is 39.3 Å². The Morgan fingerprint density at radius 2 is 1.35 bits per heavy atom.